The molecule has 0 saturated heterocycles. The zero-order valence-corrected chi connectivity index (χ0v) is 20.2. The molecule has 2 aliphatic rings. The van der Waals surface area contributed by atoms with Gasteiger partial charge in [0.15, 0.2) is 0 Å². The van der Waals surface area contributed by atoms with Gasteiger partial charge in [-0.25, -0.2) is 9.98 Å². The van der Waals surface area contributed by atoms with E-state index in [1.165, 1.54) is 5.56 Å². The van der Waals surface area contributed by atoms with E-state index in [1.807, 2.05) is 60.1 Å². The third kappa shape index (κ3) is 4.31. The molecule has 2 aromatic carbocycles. The summed E-state index contributed by atoms with van der Waals surface area (Å²) >= 11 is 1.58. The van der Waals surface area contributed by atoms with E-state index in [9.17, 15) is 9.59 Å². The van der Waals surface area contributed by atoms with Crippen LogP contribution in [0.2, 0.25) is 0 Å². The Hall–Kier alpha value is -3.58. The van der Waals surface area contributed by atoms with Crippen molar-refractivity contribution in [1.82, 2.24) is 10.2 Å². The second-order valence-corrected chi connectivity index (χ2v) is 10.4. The fourth-order valence-corrected chi connectivity index (χ4v) is 5.04. The molecule has 5 rings (SSSR count). The molecule has 3 heterocycles. The highest BCUT2D eigenvalue weighted by atomic mass is 32.1. The Morgan fingerprint density at radius 3 is 2.62 bits per heavy atom. The van der Waals surface area contributed by atoms with Gasteiger partial charge in [-0.1, -0.05) is 51.1 Å². The molecule has 1 unspecified atom stereocenters. The molecule has 1 atom stereocenters. The van der Waals surface area contributed by atoms with E-state index in [-0.39, 0.29) is 17.2 Å². The van der Waals surface area contributed by atoms with E-state index >= 15 is 0 Å². The molecule has 3 aromatic rings. The smallest absolute Gasteiger partial charge is 0.259 e. The van der Waals surface area contributed by atoms with Crippen LogP contribution in [0, 0.1) is 0 Å². The summed E-state index contributed by atoms with van der Waals surface area (Å²) in [6, 6.07) is 15.6. The Bertz CT molecular complexity index is 1360. The molecule has 34 heavy (non-hydrogen) atoms. The number of aliphatic imine (C=N–C) groups is 2. The molecule has 1 N–H and O–H groups in total. The van der Waals surface area contributed by atoms with Crippen LogP contribution in [0.5, 0.6) is 0 Å². The van der Waals surface area contributed by atoms with Gasteiger partial charge in [0, 0.05) is 52.0 Å². The normalized spacial score (nSPS) is 17.7. The molecule has 2 amide bonds. The maximum atomic E-state index is 13.1. The lowest BCUT2D eigenvalue weighted by molar-refractivity contribution is 0.0825. The van der Waals surface area contributed by atoms with Crippen molar-refractivity contribution in [2.75, 3.05) is 6.54 Å². The average Bonchev–Trinajstić information content (AvgIpc) is 3.27. The van der Waals surface area contributed by atoms with Gasteiger partial charge in [0.1, 0.15) is 0 Å². The Kier molecular flexibility index (Phi) is 5.65. The maximum absolute atomic E-state index is 13.1. The second-order valence-electron chi connectivity index (χ2n) is 9.51. The van der Waals surface area contributed by atoms with E-state index in [0.717, 1.165) is 21.4 Å². The number of fused-ring (bicyclic) bond motifs is 2. The van der Waals surface area contributed by atoms with Crippen molar-refractivity contribution in [1.29, 1.82) is 0 Å². The third-order valence-corrected chi connectivity index (χ3v) is 7.06. The van der Waals surface area contributed by atoms with Crippen molar-refractivity contribution in [3.8, 4) is 0 Å². The van der Waals surface area contributed by atoms with Crippen LogP contribution in [-0.4, -0.2) is 41.5 Å². The highest BCUT2D eigenvalue weighted by Crippen LogP contribution is 2.28. The lowest BCUT2D eigenvalue weighted by Crippen LogP contribution is -2.38. The maximum Gasteiger partial charge on any atom is 0.259 e. The number of nitrogens with zero attached hydrogens (tertiary/aromatic N) is 3. The van der Waals surface area contributed by atoms with Gasteiger partial charge in [-0.15, -0.1) is 11.3 Å². The molecule has 1 aromatic heterocycles. The summed E-state index contributed by atoms with van der Waals surface area (Å²) < 4.78 is 1.10. The molecule has 172 valence electrons. The highest BCUT2D eigenvalue weighted by molar-refractivity contribution is 7.17. The summed E-state index contributed by atoms with van der Waals surface area (Å²) in [5.74, 6) is -0.233. The van der Waals surface area contributed by atoms with Crippen LogP contribution < -0.4 is 5.32 Å². The predicted molar refractivity (Wildman–Crippen MR) is 138 cm³/mol. The number of hydrogen-bond acceptors (Lipinski definition) is 5. The minimum Gasteiger partial charge on any atom is -0.314 e. The van der Waals surface area contributed by atoms with Crippen molar-refractivity contribution in [2.24, 2.45) is 9.98 Å². The lowest BCUT2D eigenvalue weighted by Gasteiger charge is -2.27. The summed E-state index contributed by atoms with van der Waals surface area (Å²) in [5, 5.41) is 5.77. The van der Waals surface area contributed by atoms with Crippen LogP contribution in [0.4, 0.5) is 0 Å². The van der Waals surface area contributed by atoms with E-state index in [2.05, 4.69) is 36.1 Å². The third-order valence-electron chi connectivity index (χ3n) is 6.10. The van der Waals surface area contributed by atoms with Crippen molar-refractivity contribution in [2.45, 2.75) is 38.9 Å². The number of carbonyl (C=O) groups is 2. The van der Waals surface area contributed by atoms with Gasteiger partial charge >= 0.3 is 0 Å². The molecule has 0 fully saturated rings. The highest BCUT2D eigenvalue weighted by Gasteiger charge is 2.26. The standard InChI is InChI=1S/C27H26N4O2S/c1-27(2,3)19-10-8-17(9-11-19)24(32)30-26-28-14-18-15-31(13-12-22(18)29-26)25(33)21-16-34-23-7-5-4-6-20(21)23/h4-11,14-16,26H,12-13H2,1-3H3,(H,30,32). The summed E-state index contributed by atoms with van der Waals surface area (Å²) in [6.07, 6.45) is 3.45. The number of benzene rings is 2. The number of nitrogens with one attached hydrogen (secondary N) is 1. The van der Waals surface area contributed by atoms with Gasteiger partial charge in [-0.05, 0) is 29.2 Å². The van der Waals surface area contributed by atoms with E-state index in [0.29, 0.717) is 24.1 Å². The van der Waals surface area contributed by atoms with Gasteiger partial charge in [0.2, 0.25) is 6.29 Å². The monoisotopic (exact) mass is 470 g/mol. The minimum absolute atomic E-state index is 0.0217. The van der Waals surface area contributed by atoms with Gasteiger partial charge < -0.3 is 10.2 Å². The van der Waals surface area contributed by atoms with Crippen LogP contribution in [0.25, 0.3) is 10.1 Å². The fraction of sp³-hybridized carbons (Fsp3) is 0.259. The van der Waals surface area contributed by atoms with Crippen molar-refractivity contribution >= 4 is 45.2 Å². The summed E-state index contributed by atoms with van der Waals surface area (Å²) in [7, 11) is 0. The average molecular weight is 471 g/mol. The van der Waals surface area contributed by atoms with Gasteiger partial charge in [0.05, 0.1) is 11.3 Å². The van der Waals surface area contributed by atoms with Crippen LogP contribution in [0.15, 0.2) is 75.7 Å². The van der Waals surface area contributed by atoms with Crippen molar-refractivity contribution in [3.05, 3.63) is 82.4 Å². The topological polar surface area (TPSA) is 74.1 Å². The number of carbonyl (C=O) groups excluding carboxylic acids is 2. The van der Waals surface area contributed by atoms with Gasteiger partial charge in [0.25, 0.3) is 11.8 Å². The molecule has 0 spiro atoms. The molecule has 7 heteroatoms. The Labute approximate surface area is 202 Å². The first-order valence-electron chi connectivity index (χ1n) is 11.3. The Balaban J connectivity index is 1.28. The van der Waals surface area contributed by atoms with E-state index in [4.69, 9.17) is 0 Å². The predicted octanol–water partition coefficient (Wildman–Crippen LogP) is 5.17. The first kappa shape index (κ1) is 22.2. The number of allylic oxidation sites excluding steroid dienone is 1. The van der Waals surface area contributed by atoms with E-state index in [1.54, 1.807) is 22.5 Å². The largest absolute Gasteiger partial charge is 0.314 e. The molecular weight excluding hydrogens is 444 g/mol. The minimum atomic E-state index is -0.662. The first-order chi connectivity index (χ1) is 16.3. The fourth-order valence-electron chi connectivity index (χ4n) is 4.11. The molecule has 0 radical (unpaired) electrons. The molecule has 2 aliphatic heterocycles. The van der Waals surface area contributed by atoms with Crippen LogP contribution in [0.3, 0.4) is 0 Å². The number of thiophene rings is 1. The lowest BCUT2D eigenvalue weighted by atomic mass is 9.87. The zero-order valence-electron chi connectivity index (χ0n) is 19.4. The van der Waals surface area contributed by atoms with Crippen LogP contribution in [-0.2, 0) is 5.41 Å². The summed E-state index contributed by atoms with van der Waals surface area (Å²) in [6.45, 7) is 6.96. The quantitative estimate of drug-likeness (QED) is 0.574. The number of amides is 2. The van der Waals surface area contributed by atoms with Crippen LogP contribution >= 0.6 is 11.3 Å². The Morgan fingerprint density at radius 2 is 1.85 bits per heavy atom. The van der Waals surface area contributed by atoms with Crippen molar-refractivity contribution in [3.63, 3.8) is 0 Å². The van der Waals surface area contributed by atoms with Crippen LogP contribution in [0.1, 0.15) is 53.5 Å². The molecule has 0 aliphatic carbocycles. The van der Waals surface area contributed by atoms with Gasteiger partial charge in [-0.3, -0.25) is 9.59 Å². The molecule has 0 bridgehead atoms. The Morgan fingerprint density at radius 1 is 1.09 bits per heavy atom. The van der Waals surface area contributed by atoms with Crippen molar-refractivity contribution < 1.29 is 9.59 Å². The first-order valence-corrected chi connectivity index (χ1v) is 12.2. The SMILES string of the molecule is CC(C)(C)c1ccc(C(=O)NC2N=CC3=CN(C(=O)c4csc5ccccc45)CCC3=N2)cc1. The van der Waals surface area contributed by atoms with Gasteiger partial charge in [-0.2, -0.15) is 0 Å². The second kappa shape index (κ2) is 8.65. The number of hydrogen-bond donors (Lipinski definition) is 1. The zero-order chi connectivity index (χ0) is 23.9. The number of rotatable bonds is 3. The molecule has 6 nitrogen and oxygen atoms in total. The van der Waals surface area contributed by atoms with E-state index < -0.39 is 6.29 Å². The molecule has 0 saturated carbocycles. The summed E-state index contributed by atoms with van der Waals surface area (Å²) in [5.41, 5.74) is 4.15. The summed E-state index contributed by atoms with van der Waals surface area (Å²) in [4.78, 5) is 36.6. The molecular formula is C27H26N4O2S.